The number of nitrogens with two attached hydrogens (primary N) is 2. The van der Waals surface area contributed by atoms with Gasteiger partial charge in [0, 0.05) is 18.5 Å². The average molecular weight is 320 g/mol. The van der Waals surface area contributed by atoms with Crippen molar-refractivity contribution in [1.29, 1.82) is 0 Å². The van der Waals surface area contributed by atoms with Crippen molar-refractivity contribution in [3.63, 3.8) is 0 Å². The second-order valence-corrected chi connectivity index (χ2v) is 5.12. The minimum absolute atomic E-state index is 0.0150. The summed E-state index contributed by atoms with van der Waals surface area (Å²) in [6.45, 7) is 0.769. The highest BCUT2D eigenvalue weighted by molar-refractivity contribution is 6.12. The van der Waals surface area contributed by atoms with Crippen LogP contribution in [-0.2, 0) is 19.1 Å². The van der Waals surface area contributed by atoms with Gasteiger partial charge in [0.2, 0.25) is 0 Å². The van der Waals surface area contributed by atoms with E-state index in [2.05, 4.69) is 9.98 Å². The van der Waals surface area contributed by atoms with Gasteiger partial charge in [-0.1, -0.05) is 12.2 Å². The van der Waals surface area contributed by atoms with Crippen molar-refractivity contribution in [3.05, 3.63) is 23.8 Å². The Hall–Kier alpha value is -2.64. The molecule has 8 heteroatoms. The van der Waals surface area contributed by atoms with Crippen LogP contribution in [0.2, 0.25) is 0 Å². The number of hydrogen-bond acceptors (Lipinski definition) is 6. The van der Waals surface area contributed by atoms with E-state index < -0.39 is 12.3 Å². The molecule has 0 bridgehead atoms. The molecule has 0 aromatic heterocycles. The van der Waals surface area contributed by atoms with Gasteiger partial charge in [-0.3, -0.25) is 14.6 Å². The van der Waals surface area contributed by atoms with Crippen molar-refractivity contribution in [3.8, 4) is 0 Å². The molecule has 1 heterocycles. The van der Waals surface area contributed by atoms with Gasteiger partial charge in [-0.05, 0) is 18.9 Å². The molecule has 0 radical (unpaired) electrons. The monoisotopic (exact) mass is 320 g/mol. The lowest BCUT2D eigenvalue weighted by molar-refractivity contribution is -0.144. The van der Waals surface area contributed by atoms with Gasteiger partial charge in [-0.2, -0.15) is 0 Å². The fraction of sp³-hybridized carbons (Fsp3) is 0.467. The zero-order chi connectivity index (χ0) is 16.7. The van der Waals surface area contributed by atoms with Crippen molar-refractivity contribution >= 4 is 24.1 Å². The van der Waals surface area contributed by atoms with Gasteiger partial charge in [0.1, 0.15) is 6.10 Å². The number of fused-ring (bicyclic) bond motifs is 1. The predicted molar refractivity (Wildman–Crippen MR) is 84.6 cm³/mol. The van der Waals surface area contributed by atoms with E-state index in [0.717, 1.165) is 12.0 Å². The number of rotatable bonds is 7. The molecular weight excluding hydrogens is 300 g/mol. The molecule has 4 N–H and O–H groups in total. The maximum absolute atomic E-state index is 11.7. The molecule has 2 aliphatic rings. The second kappa shape index (κ2) is 8.11. The van der Waals surface area contributed by atoms with Crippen LogP contribution in [0.15, 0.2) is 33.8 Å². The molecule has 1 saturated heterocycles. The first-order chi connectivity index (χ1) is 11.1. The third kappa shape index (κ3) is 4.94. The molecule has 0 amide bonds. The zero-order valence-corrected chi connectivity index (χ0v) is 12.7. The van der Waals surface area contributed by atoms with Crippen molar-refractivity contribution in [2.24, 2.45) is 21.5 Å². The predicted octanol–water partition coefficient (Wildman–Crippen LogP) is 0.182. The summed E-state index contributed by atoms with van der Waals surface area (Å²) in [6, 6.07) is 0. The number of nitrogens with zero attached hydrogens (tertiary/aromatic N) is 2. The Balaban J connectivity index is 2.07. The van der Waals surface area contributed by atoms with E-state index in [1.165, 1.54) is 0 Å². The van der Waals surface area contributed by atoms with Gasteiger partial charge in [0.15, 0.2) is 12.2 Å². The van der Waals surface area contributed by atoms with E-state index >= 15 is 0 Å². The first-order valence-electron chi connectivity index (χ1n) is 7.38. The molecule has 0 aromatic carbocycles. The van der Waals surface area contributed by atoms with Crippen LogP contribution in [0.3, 0.4) is 0 Å². The van der Waals surface area contributed by atoms with Crippen LogP contribution >= 0.6 is 0 Å². The third-order valence-electron chi connectivity index (χ3n) is 3.41. The highest BCUT2D eigenvalue weighted by atomic mass is 16.5. The summed E-state index contributed by atoms with van der Waals surface area (Å²) in [5.74, 6) is -0.330. The normalized spacial score (nSPS) is 22.6. The summed E-state index contributed by atoms with van der Waals surface area (Å²) in [7, 11) is 0. The smallest absolute Gasteiger partial charge is 0.312 e. The summed E-state index contributed by atoms with van der Waals surface area (Å²) < 4.78 is 10.2. The van der Waals surface area contributed by atoms with Crippen molar-refractivity contribution < 1.29 is 19.1 Å². The van der Waals surface area contributed by atoms with Crippen molar-refractivity contribution in [2.75, 3.05) is 6.54 Å². The maximum Gasteiger partial charge on any atom is 0.312 e. The van der Waals surface area contributed by atoms with E-state index in [-0.39, 0.29) is 18.3 Å². The molecule has 1 fully saturated rings. The Labute approximate surface area is 133 Å². The van der Waals surface area contributed by atoms with Crippen LogP contribution in [0.25, 0.3) is 0 Å². The number of guanidine groups is 1. The average Bonchev–Trinajstić information content (AvgIpc) is 2.51. The van der Waals surface area contributed by atoms with E-state index in [1.807, 2.05) is 18.2 Å². The molecule has 1 aliphatic heterocycles. The second-order valence-electron chi connectivity index (χ2n) is 5.12. The van der Waals surface area contributed by atoms with Crippen LogP contribution in [0.1, 0.15) is 25.7 Å². The zero-order valence-electron chi connectivity index (χ0n) is 12.7. The molecular formula is C15H20N4O4. The standard InChI is InChI=1S/C15H20N4O4/c16-15(17)18-7-3-6-13(22-9-20)19-11-8-14(21)23-12-5-2-1-4-10(11)12/h2,4-5,9,12-13H,1,3,6-8H2,(H4,16,17,18)/t12?,13-/m1/s1. The summed E-state index contributed by atoms with van der Waals surface area (Å²) in [6.07, 6.45) is 6.54. The first kappa shape index (κ1) is 16.7. The number of hydrogen-bond donors (Lipinski definition) is 2. The summed E-state index contributed by atoms with van der Waals surface area (Å²) in [5.41, 5.74) is 12.0. The molecule has 2 rings (SSSR count). The largest absolute Gasteiger partial charge is 0.453 e. The Morgan fingerprint density at radius 2 is 2.35 bits per heavy atom. The van der Waals surface area contributed by atoms with Crippen LogP contribution in [0.4, 0.5) is 0 Å². The Kier molecular flexibility index (Phi) is 5.90. The van der Waals surface area contributed by atoms with E-state index in [0.29, 0.717) is 31.6 Å². The molecule has 8 nitrogen and oxygen atoms in total. The van der Waals surface area contributed by atoms with Gasteiger partial charge in [-0.25, -0.2) is 4.99 Å². The lowest BCUT2D eigenvalue weighted by Gasteiger charge is -2.27. The summed E-state index contributed by atoms with van der Waals surface area (Å²) in [5, 5.41) is 0. The SMILES string of the molecule is NC(N)=NCCC[C@H](N=C1CC(=O)OC2C=CCC=C12)OC=O. The van der Waals surface area contributed by atoms with Gasteiger partial charge < -0.3 is 20.9 Å². The Morgan fingerprint density at radius 3 is 3.09 bits per heavy atom. The number of ether oxygens (including phenoxy) is 2. The van der Waals surface area contributed by atoms with Gasteiger partial charge in [0.05, 0.1) is 12.1 Å². The quantitative estimate of drug-likeness (QED) is 0.172. The fourth-order valence-electron chi connectivity index (χ4n) is 2.42. The molecule has 2 atom stereocenters. The number of carbonyl (C=O) groups is 2. The van der Waals surface area contributed by atoms with Gasteiger partial charge in [-0.15, -0.1) is 0 Å². The third-order valence-corrected chi connectivity index (χ3v) is 3.41. The number of esters is 1. The maximum atomic E-state index is 11.7. The molecule has 0 spiro atoms. The lowest BCUT2D eigenvalue weighted by Crippen LogP contribution is -2.33. The van der Waals surface area contributed by atoms with E-state index in [4.69, 9.17) is 20.9 Å². The number of allylic oxidation sites excluding steroid dienone is 2. The van der Waals surface area contributed by atoms with Gasteiger partial charge >= 0.3 is 5.97 Å². The molecule has 0 aromatic rings. The fourth-order valence-corrected chi connectivity index (χ4v) is 2.42. The summed E-state index contributed by atoms with van der Waals surface area (Å²) in [4.78, 5) is 30.6. The van der Waals surface area contributed by atoms with E-state index in [9.17, 15) is 9.59 Å². The molecule has 0 saturated carbocycles. The minimum atomic E-state index is -0.671. The van der Waals surface area contributed by atoms with Crippen molar-refractivity contribution in [1.82, 2.24) is 0 Å². The minimum Gasteiger partial charge on any atom is -0.453 e. The van der Waals surface area contributed by atoms with Crippen molar-refractivity contribution in [2.45, 2.75) is 38.0 Å². The number of aliphatic imine (C=N–C) groups is 2. The molecule has 1 aliphatic carbocycles. The molecule has 23 heavy (non-hydrogen) atoms. The lowest BCUT2D eigenvalue weighted by atomic mass is 9.94. The summed E-state index contributed by atoms with van der Waals surface area (Å²) >= 11 is 0. The molecule has 124 valence electrons. The van der Waals surface area contributed by atoms with Gasteiger partial charge in [0.25, 0.3) is 6.47 Å². The Morgan fingerprint density at radius 1 is 1.52 bits per heavy atom. The Bertz CT molecular complexity index is 576. The number of carbonyl (C=O) groups excluding carboxylic acids is 2. The van der Waals surface area contributed by atoms with Crippen LogP contribution in [-0.4, -0.2) is 43.0 Å². The molecule has 1 unspecified atom stereocenters. The van der Waals surface area contributed by atoms with Crippen LogP contribution in [0, 0.1) is 0 Å². The first-order valence-corrected chi connectivity index (χ1v) is 7.38. The topological polar surface area (TPSA) is 129 Å². The van der Waals surface area contributed by atoms with Crippen LogP contribution < -0.4 is 11.5 Å². The highest BCUT2D eigenvalue weighted by Crippen LogP contribution is 2.25. The van der Waals surface area contributed by atoms with E-state index in [1.54, 1.807) is 0 Å². The highest BCUT2D eigenvalue weighted by Gasteiger charge is 2.30. The van der Waals surface area contributed by atoms with Crippen LogP contribution in [0.5, 0.6) is 0 Å².